The quantitative estimate of drug-likeness (QED) is 0.505. The van der Waals surface area contributed by atoms with E-state index in [1.807, 2.05) is 0 Å². The molecule has 2 aromatic rings. The lowest BCUT2D eigenvalue weighted by Gasteiger charge is -2.19. The monoisotopic (exact) mass is 364 g/mol. The third-order valence-corrected chi connectivity index (χ3v) is 3.78. The van der Waals surface area contributed by atoms with Gasteiger partial charge in [0, 0.05) is 0 Å². The topological polar surface area (TPSA) is 0 Å². The summed E-state index contributed by atoms with van der Waals surface area (Å²) < 4.78 is 91.9. The van der Waals surface area contributed by atoms with E-state index in [-0.39, 0.29) is 28.2 Å². The zero-order valence-corrected chi connectivity index (χ0v) is 13.6. The summed E-state index contributed by atoms with van der Waals surface area (Å²) in [5, 5.41) is 0. The van der Waals surface area contributed by atoms with E-state index >= 15 is 0 Å². The Labute approximate surface area is 140 Å². The summed E-state index contributed by atoms with van der Waals surface area (Å²) in [7, 11) is 0. The number of rotatable bonds is 2. The Morgan fingerprint density at radius 1 is 0.800 bits per heavy atom. The van der Waals surface area contributed by atoms with E-state index in [0.717, 1.165) is 18.2 Å². The van der Waals surface area contributed by atoms with Crippen LogP contribution in [0.25, 0.3) is 11.1 Å². The number of benzene rings is 2. The van der Waals surface area contributed by atoms with Crippen LogP contribution in [-0.2, 0) is 12.4 Å². The van der Waals surface area contributed by atoms with Gasteiger partial charge in [-0.3, -0.25) is 0 Å². The smallest absolute Gasteiger partial charge is 0.206 e. The van der Waals surface area contributed by atoms with Crippen molar-refractivity contribution in [2.45, 2.75) is 39.0 Å². The van der Waals surface area contributed by atoms with E-state index in [1.165, 1.54) is 13.0 Å². The molecule has 0 aromatic heterocycles. The second-order valence-electron chi connectivity index (χ2n) is 6.16. The Bertz CT molecular complexity index is 783. The number of hydrogen-bond donors (Lipinski definition) is 0. The van der Waals surface area contributed by atoms with Gasteiger partial charge in [0.15, 0.2) is 0 Å². The first-order valence-electron chi connectivity index (χ1n) is 7.40. The van der Waals surface area contributed by atoms with Gasteiger partial charge >= 0.3 is 12.4 Å². The van der Waals surface area contributed by atoms with Crippen molar-refractivity contribution in [3.05, 3.63) is 58.4 Å². The molecule has 0 fully saturated rings. The molecule has 2 rings (SSSR count). The van der Waals surface area contributed by atoms with Crippen molar-refractivity contribution in [2.75, 3.05) is 0 Å². The molecular formula is C18H15F7. The second kappa shape index (κ2) is 6.35. The van der Waals surface area contributed by atoms with Crippen molar-refractivity contribution in [1.29, 1.82) is 0 Å². The number of hydrogen-bond acceptors (Lipinski definition) is 0. The van der Waals surface area contributed by atoms with Crippen LogP contribution < -0.4 is 0 Å². The highest BCUT2D eigenvalue weighted by molar-refractivity contribution is 5.71. The zero-order valence-electron chi connectivity index (χ0n) is 13.6. The Kier molecular flexibility index (Phi) is 4.90. The van der Waals surface area contributed by atoms with Crippen molar-refractivity contribution in [2.24, 2.45) is 0 Å². The van der Waals surface area contributed by atoms with Crippen LogP contribution in [-0.4, -0.2) is 0 Å². The van der Waals surface area contributed by atoms with Gasteiger partial charge in [-0.2, -0.15) is 26.3 Å². The maximum absolute atomic E-state index is 13.8. The molecule has 2 aromatic carbocycles. The van der Waals surface area contributed by atoms with E-state index in [2.05, 4.69) is 0 Å². The summed E-state index contributed by atoms with van der Waals surface area (Å²) in [5.74, 6) is -1.81. The summed E-state index contributed by atoms with van der Waals surface area (Å²) in [5.41, 5.74) is -2.09. The highest BCUT2D eigenvalue weighted by atomic mass is 19.4. The molecule has 0 saturated heterocycles. The van der Waals surface area contributed by atoms with Crippen LogP contribution in [0.1, 0.15) is 42.0 Å². The standard InChI is InChI=1S/C18H15F7/c1-9(2)13-8-16(19)15(18(23,24)25)7-14(13)11-4-10(3)5-12(6-11)17(20,21)22/h4-9H,1-3H3. The van der Waals surface area contributed by atoms with Crippen LogP contribution in [0.15, 0.2) is 30.3 Å². The summed E-state index contributed by atoms with van der Waals surface area (Å²) in [6, 6.07) is 4.38. The largest absolute Gasteiger partial charge is 0.419 e. The minimum absolute atomic E-state index is 0.0264. The van der Waals surface area contributed by atoms with Gasteiger partial charge in [-0.05, 0) is 59.4 Å². The summed E-state index contributed by atoms with van der Waals surface area (Å²) in [4.78, 5) is 0. The lowest BCUT2D eigenvalue weighted by Crippen LogP contribution is -2.10. The van der Waals surface area contributed by atoms with Crippen molar-refractivity contribution in [3.63, 3.8) is 0 Å². The Hall–Kier alpha value is -2.05. The first-order chi connectivity index (χ1) is 11.3. The molecule has 136 valence electrons. The maximum atomic E-state index is 13.8. The minimum atomic E-state index is -4.94. The lowest BCUT2D eigenvalue weighted by atomic mass is 9.89. The summed E-state index contributed by atoms with van der Waals surface area (Å²) in [6.07, 6.45) is -9.57. The molecular weight excluding hydrogens is 349 g/mol. The highest BCUT2D eigenvalue weighted by Crippen LogP contribution is 2.40. The van der Waals surface area contributed by atoms with Crippen LogP contribution >= 0.6 is 0 Å². The third kappa shape index (κ3) is 4.14. The fourth-order valence-corrected chi connectivity index (χ4v) is 2.64. The van der Waals surface area contributed by atoms with Gasteiger partial charge in [0.25, 0.3) is 0 Å². The van der Waals surface area contributed by atoms with E-state index < -0.39 is 29.3 Å². The molecule has 0 unspecified atom stereocenters. The third-order valence-electron chi connectivity index (χ3n) is 3.78. The summed E-state index contributed by atoms with van der Waals surface area (Å²) in [6.45, 7) is 4.68. The van der Waals surface area contributed by atoms with Crippen molar-refractivity contribution < 1.29 is 30.7 Å². The van der Waals surface area contributed by atoms with E-state index in [9.17, 15) is 30.7 Å². The Balaban J connectivity index is 2.79. The predicted molar refractivity (Wildman–Crippen MR) is 80.7 cm³/mol. The van der Waals surface area contributed by atoms with E-state index in [1.54, 1.807) is 13.8 Å². The van der Waals surface area contributed by atoms with Crippen LogP contribution in [0.4, 0.5) is 30.7 Å². The van der Waals surface area contributed by atoms with Crippen LogP contribution in [0, 0.1) is 12.7 Å². The normalized spacial score (nSPS) is 12.8. The first kappa shape index (κ1) is 19.3. The molecule has 25 heavy (non-hydrogen) atoms. The number of aryl methyl sites for hydroxylation is 1. The van der Waals surface area contributed by atoms with Crippen LogP contribution in [0.3, 0.4) is 0 Å². The second-order valence-corrected chi connectivity index (χ2v) is 6.16. The van der Waals surface area contributed by atoms with Gasteiger partial charge in [0.1, 0.15) is 5.82 Å². The lowest BCUT2D eigenvalue weighted by molar-refractivity contribution is -0.140. The SMILES string of the molecule is Cc1cc(-c2cc(C(F)(F)F)c(F)cc2C(C)C)cc(C(F)(F)F)c1. The molecule has 0 bridgehead atoms. The number of alkyl halides is 6. The first-order valence-corrected chi connectivity index (χ1v) is 7.40. The van der Waals surface area contributed by atoms with Crippen molar-refractivity contribution in [1.82, 2.24) is 0 Å². The molecule has 0 amide bonds. The molecule has 0 N–H and O–H groups in total. The molecule has 0 spiro atoms. The fourth-order valence-electron chi connectivity index (χ4n) is 2.64. The maximum Gasteiger partial charge on any atom is 0.419 e. The van der Waals surface area contributed by atoms with E-state index in [0.29, 0.717) is 6.07 Å². The van der Waals surface area contributed by atoms with Crippen molar-refractivity contribution in [3.8, 4) is 11.1 Å². The van der Waals surface area contributed by atoms with Gasteiger partial charge in [0.05, 0.1) is 11.1 Å². The molecule has 0 aliphatic rings. The van der Waals surface area contributed by atoms with Gasteiger partial charge in [-0.15, -0.1) is 0 Å². The molecule has 0 aliphatic heterocycles. The molecule has 0 saturated carbocycles. The van der Waals surface area contributed by atoms with Gasteiger partial charge < -0.3 is 0 Å². The highest BCUT2D eigenvalue weighted by Gasteiger charge is 2.36. The fraction of sp³-hybridized carbons (Fsp3) is 0.333. The van der Waals surface area contributed by atoms with Gasteiger partial charge in [-0.1, -0.05) is 19.9 Å². The van der Waals surface area contributed by atoms with Crippen LogP contribution in [0.2, 0.25) is 0 Å². The molecule has 0 heterocycles. The average Bonchev–Trinajstić information content (AvgIpc) is 2.43. The molecule has 0 aliphatic carbocycles. The van der Waals surface area contributed by atoms with E-state index in [4.69, 9.17) is 0 Å². The zero-order chi connectivity index (χ0) is 19.2. The Morgan fingerprint density at radius 2 is 1.40 bits per heavy atom. The molecule has 0 atom stereocenters. The average molecular weight is 364 g/mol. The number of halogens is 7. The van der Waals surface area contributed by atoms with Crippen molar-refractivity contribution >= 4 is 0 Å². The van der Waals surface area contributed by atoms with Crippen LogP contribution in [0.5, 0.6) is 0 Å². The van der Waals surface area contributed by atoms with Gasteiger partial charge in [-0.25, -0.2) is 4.39 Å². The predicted octanol–water partition coefficient (Wildman–Crippen LogP) is 6.96. The molecule has 0 radical (unpaired) electrons. The Morgan fingerprint density at radius 3 is 1.88 bits per heavy atom. The minimum Gasteiger partial charge on any atom is -0.206 e. The molecule has 7 heteroatoms. The van der Waals surface area contributed by atoms with Gasteiger partial charge in [0.2, 0.25) is 0 Å². The molecule has 0 nitrogen and oxygen atoms in total. The summed E-state index contributed by atoms with van der Waals surface area (Å²) >= 11 is 0.